The number of phenolic OH excluding ortho intramolecular Hbond substituents is 2. The number of phenols is 2. The summed E-state index contributed by atoms with van der Waals surface area (Å²) in [4.78, 5) is 0. The first kappa shape index (κ1) is 25.0. The van der Waals surface area contributed by atoms with Gasteiger partial charge in [0.1, 0.15) is 23.4 Å². The molecule has 2 aromatic carbocycles. The summed E-state index contributed by atoms with van der Waals surface area (Å²) in [6.07, 6.45) is -0.923. The van der Waals surface area contributed by atoms with Crippen molar-refractivity contribution < 1.29 is 30.3 Å². The molecule has 0 bridgehead atoms. The third kappa shape index (κ3) is 5.32. The number of hydrogen-bond acceptors (Lipinski definition) is 6. The van der Waals surface area contributed by atoms with Crippen LogP contribution in [0, 0.1) is 5.41 Å². The predicted molar refractivity (Wildman–Crippen MR) is 121 cm³/mol. The van der Waals surface area contributed by atoms with Crippen LogP contribution in [0.1, 0.15) is 64.3 Å². The van der Waals surface area contributed by atoms with E-state index >= 15 is 0 Å². The summed E-state index contributed by atoms with van der Waals surface area (Å²) in [5.41, 5.74) is 0.0361. The van der Waals surface area contributed by atoms with Crippen LogP contribution in [0.5, 0.6) is 17.2 Å². The minimum absolute atomic E-state index is 0.0926. The van der Waals surface area contributed by atoms with Crippen LogP contribution in [0.15, 0.2) is 36.4 Å². The number of rotatable bonds is 7. The van der Waals surface area contributed by atoms with Crippen molar-refractivity contribution in [3.63, 3.8) is 0 Å². The van der Waals surface area contributed by atoms with Gasteiger partial charge in [-0.3, -0.25) is 0 Å². The van der Waals surface area contributed by atoms with E-state index in [-0.39, 0.29) is 22.3 Å². The number of hydrogen-bond donors (Lipinski definition) is 5. The summed E-state index contributed by atoms with van der Waals surface area (Å²) in [6.45, 7) is 10.4. The highest BCUT2D eigenvalue weighted by molar-refractivity contribution is 5.46. The van der Waals surface area contributed by atoms with E-state index in [1.165, 1.54) is 12.1 Å². The molecule has 31 heavy (non-hydrogen) atoms. The fourth-order valence-electron chi connectivity index (χ4n) is 3.67. The molecule has 0 aromatic heterocycles. The van der Waals surface area contributed by atoms with Crippen molar-refractivity contribution in [2.45, 2.75) is 58.5 Å². The molecule has 2 aromatic rings. The van der Waals surface area contributed by atoms with Crippen LogP contribution in [-0.4, -0.2) is 45.4 Å². The van der Waals surface area contributed by atoms with Gasteiger partial charge in [-0.2, -0.15) is 0 Å². The first-order valence-corrected chi connectivity index (χ1v) is 10.4. The van der Waals surface area contributed by atoms with Crippen molar-refractivity contribution in [2.75, 3.05) is 19.8 Å². The Balaban J connectivity index is 2.78. The van der Waals surface area contributed by atoms with Crippen molar-refractivity contribution in [1.82, 2.24) is 0 Å². The van der Waals surface area contributed by atoms with Crippen LogP contribution < -0.4 is 4.74 Å². The quantitative estimate of drug-likeness (QED) is 0.455. The molecule has 0 heterocycles. The van der Waals surface area contributed by atoms with E-state index in [9.17, 15) is 25.5 Å². The summed E-state index contributed by atoms with van der Waals surface area (Å²) >= 11 is 0. The zero-order valence-corrected chi connectivity index (χ0v) is 19.3. The zero-order valence-electron chi connectivity index (χ0n) is 19.3. The molecule has 5 N–H and O–H groups in total. The monoisotopic (exact) mass is 432 g/mol. The van der Waals surface area contributed by atoms with Gasteiger partial charge in [-0.25, -0.2) is 0 Å². The van der Waals surface area contributed by atoms with Gasteiger partial charge in [-0.05, 0) is 52.3 Å². The molecule has 0 saturated heterocycles. The first-order chi connectivity index (χ1) is 14.3. The van der Waals surface area contributed by atoms with Gasteiger partial charge in [-0.1, -0.05) is 47.6 Å². The lowest BCUT2D eigenvalue weighted by Gasteiger charge is -2.40. The molecule has 0 aliphatic heterocycles. The molecule has 0 radical (unpaired) electrons. The lowest BCUT2D eigenvalue weighted by Crippen LogP contribution is -2.43. The van der Waals surface area contributed by atoms with Gasteiger partial charge < -0.3 is 30.3 Å². The van der Waals surface area contributed by atoms with Gasteiger partial charge in [0.2, 0.25) is 0 Å². The Labute approximate surface area is 184 Å². The molecule has 0 amide bonds. The summed E-state index contributed by atoms with van der Waals surface area (Å²) in [6, 6.07) is 9.67. The average molecular weight is 433 g/mol. The third-order valence-electron chi connectivity index (χ3n) is 5.64. The Hall–Kier alpha value is -2.28. The normalized spacial score (nSPS) is 13.8. The number of aliphatic hydroxyl groups is 3. The van der Waals surface area contributed by atoms with E-state index in [1.54, 1.807) is 24.3 Å². The molecule has 172 valence electrons. The first-order valence-electron chi connectivity index (χ1n) is 10.4. The number of aromatic hydroxyl groups is 2. The largest absolute Gasteiger partial charge is 0.508 e. The van der Waals surface area contributed by atoms with Crippen molar-refractivity contribution in [1.29, 1.82) is 0 Å². The van der Waals surface area contributed by atoms with Crippen molar-refractivity contribution >= 4 is 0 Å². The van der Waals surface area contributed by atoms with Crippen molar-refractivity contribution in [3.8, 4) is 17.2 Å². The Kier molecular flexibility index (Phi) is 7.31. The molecule has 2 rings (SSSR count). The second kappa shape index (κ2) is 9.07. The average Bonchev–Trinajstić information content (AvgIpc) is 2.68. The Morgan fingerprint density at radius 2 is 1.16 bits per heavy atom. The molecule has 6 heteroatoms. The van der Waals surface area contributed by atoms with E-state index < -0.39 is 31.3 Å². The summed E-state index contributed by atoms with van der Waals surface area (Å²) in [5.74, 6) is 0.671. The molecule has 0 fully saturated rings. The van der Waals surface area contributed by atoms with E-state index in [1.807, 2.05) is 41.5 Å². The summed E-state index contributed by atoms with van der Waals surface area (Å²) in [5, 5.41) is 50.8. The van der Waals surface area contributed by atoms with Crippen LogP contribution in [0.4, 0.5) is 0 Å². The van der Waals surface area contributed by atoms with E-state index in [0.717, 1.165) is 11.1 Å². The zero-order chi connectivity index (χ0) is 23.6. The van der Waals surface area contributed by atoms with Gasteiger partial charge in [0.15, 0.2) is 0 Å². The second-order valence-corrected chi connectivity index (χ2v) is 10.3. The molecular weight excluding hydrogens is 396 g/mol. The lowest BCUT2D eigenvalue weighted by molar-refractivity contribution is -0.0752. The van der Waals surface area contributed by atoms with Gasteiger partial charge in [0, 0.05) is 5.56 Å². The maximum atomic E-state index is 10.2. The molecule has 0 saturated carbocycles. The van der Waals surface area contributed by atoms with E-state index in [2.05, 4.69) is 0 Å². The standard InChI is InChI=1S/C25H36O6/c1-23(2,3)19-11-16(29)7-9-18(19)22(25(13-26,14-27)15-28)31-21-10-8-17(30)12-20(21)24(4,5)6/h7-12,22,26-30H,13-15H2,1-6H3. The molecule has 1 unspecified atom stereocenters. The molecule has 0 aliphatic rings. The van der Waals surface area contributed by atoms with Crippen LogP contribution in [0.2, 0.25) is 0 Å². The smallest absolute Gasteiger partial charge is 0.136 e. The Bertz CT molecular complexity index is 880. The van der Waals surface area contributed by atoms with Crippen molar-refractivity contribution in [2.24, 2.45) is 5.41 Å². The maximum absolute atomic E-state index is 10.2. The van der Waals surface area contributed by atoms with E-state index in [4.69, 9.17) is 4.74 Å². The fourth-order valence-corrected chi connectivity index (χ4v) is 3.67. The summed E-state index contributed by atoms with van der Waals surface area (Å²) in [7, 11) is 0. The molecular formula is C25H36O6. The SMILES string of the molecule is CC(C)(C)c1cc(O)ccc1OC(c1ccc(O)cc1C(C)(C)C)C(CO)(CO)CO. The Morgan fingerprint density at radius 1 is 0.710 bits per heavy atom. The molecule has 0 spiro atoms. The number of ether oxygens (including phenoxy) is 1. The minimum Gasteiger partial charge on any atom is -0.508 e. The minimum atomic E-state index is -1.38. The highest BCUT2D eigenvalue weighted by Crippen LogP contribution is 2.45. The highest BCUT2D eigenvalue weighted by Gasteiger charge is 2.43. The Morgan fingerprint density at radius 3 is 1.61 bits per heavy atom. The topological polar surface area (TPSA) is 110 Å². The van der Waals surface area contributed by atoms with Gasteiger partial charge in [0.25, 0.3) is 0 Å². The predicted octanol–water partition coefficient (Wildman–Crippen LogP) is 3.78. The molecule has 0 aliphatic carbocycles. The van der Waals surface area contributed by atoms with E-state index in [0.29, 0.717) is 11.3 Å². The van der Waals surface area contributed by atoms with Gasteiger partial charge in [-0.15, -0.1) is 0 Å². The lowest BCUT2D eigenvalue weighted by atomic mass is 9.74. The fraction of sp³-hybridized carbons (Fsp3) is 0.520. The second-order valence-electron chi connectivity index (χ2n) is 10.3. The number of benzene rings is 2. The molecule has 6 nitrogen and oxygen atoms in total. The maximum Gasteiger partial charge on any atom is 0.136 e. The molecule has 1 atom stereocenters. The van der Waals surface area contributed by atoms with Crippen LogP contribution in [0.3, 0.4) is 0 Å². The number of aliphatic hydroxyl groups excluding tert-OH is 3. The van der Waals surface area contributed by atoms with Crippen LogP contribution in [-0.2, 0) is 10.8 Å². The van der Waals surface area contributed by atoms with Crippen LogP contribution in [0.25, 0.3) is 0 Å². The summed E-state index contributed by atoms with van der Waals surface area (Å²) < 4.78 is 6.45. The van der Waals surface area contributed by atoms with Crippen molar-refractivity contribution in [3.05, 3.63) is 53.1 Å². The third-order valence-corrected chi connectivity index (χ3v) is 5.64. The van der Waals surface area contributed by atoms with Gasteiger partial charge in [0.05, 0.1) is 25.2 Å². The van der Waals surface area contributed by atoms with Crippen LogP contribution >= 0.6 is 0 Å². The van der Waals surface area contributed by atoms with Gasteiger partial charge >= 0.3 is 0 Å². The highest BCUT2D eigenvalue weighted by atomic mass is 16.5.